The monoisotopic (exact) mass is 234 g/mol. The van der Waals surface area contributed by atoms with Crippen LogP contribution in [0.5, 0.6) is 0 Å². The lowest BCUT2D eigenvalue weighted by Crippen LogP contribution is -1.90. The Labute approximate surface area is 83.1 Å². The van der Waals surface area contributed by atoms with Crippen molar-refractivity contribution in [3.8, 4) is 0 Å². The van der Waals surface area contributed by atoms with E-state index in [2.05, 4.69) is 10.2 Å². The molecule has 0 fully saturated rings. The molecule has 0 saturated carbocycles. The van der Waals surface area contributed by atoms with Crippen LogP contribution >= 0.6 is 10.7 Å². The number of aromatic amines is 1. The molecule has 4 nitrogen and oxygen atoms in total. The van der Waals surface area contributed by atoms with Gasteiger partial charge in [0.05, 0.1) is 5.52 Å². The molecule has 0 amide bonds. The first-order valence-electron chi connectivity index (χ1n) is 3.57. The van der Waals surface area contributed by atoms with Crippen molar-refractivity contribution in [2.45, 2.75) is 5.03 Å². The first-order chi connectivity index (χ1) is 6.48. The van der Waals surface area contributed by atoms with E-state index in [4.69, 9.17) is 10.7 Å². The molecule has 2 rings (SSSR count). The second-order valence-electron chi connectivity index (χ2n) is 2.65. The highest BCUT2D eigenvalue weighted by atomic mass is 35.7. The van der Waals surface area contributed by atoms with E-state index in [0.29, 0.717) is 0 Å². The van der Waals surface area contributed by atoms with Gasteiger partial charge in [0, 0.05) is 22.1 Å². The molecule has 0 bridgehead atoms. The molecule has 0 saturated heterocycles. The third kappa shape index (κ3) is 1.46. The van der Waals surface area contributed by atoms with Gasteiger partial charge in [0.2, 0.25) is 0 Å². The summed E-state index contributed by atoms with van der Waals surface area (Å²) in [5, 5.41) is 5.93. The van der Waals surface area contributed by atoms with Gasteiger partial charge in [-0.25, -0.2) is 12.8 Å². The Morgan fingerprint density at radius 3 is 2.79 bits per heavy atom. The smallest absolute Gasteiger partial charge is 0.265 e. The summed E-state index contributed by atoms with van der Waals surface area (Å²) < 4.78 is 34.7. The van der Waals surface area contributed by atoms with Gasteiger partial charge in [-0.3, -0.25) is 5.10 Å². The number of hydrogen-bond donors (Lipinski definition) is 1. The van der Waals surface area contributed by atoms with Crippen LogP contribution in [-0.4, -0.2) is 18.6 Å². The molecule has 0 spiro atoms. The Hall–Kier alpha value is -1.14. The number of benzene rings is 1. The van der Waals surface area contributed by atoms with E-state index in [1.54, 1.807) is 0 Å². The van der Waals surface area contributed by atoms with E-state index in [-0.39, 0.29) is 15.9 Å². The standard InChI is InChI=1S/C7H4ClFN2O2S/c8-14(12,13)7-5-2-1-4(9)3-6(5)10-11-7/h1-3H,(H,10,11). The van der Waals surface area contributed by atoms with Gasteiger partial charge in [0.1, 0.15) is 5.82 Å². The Bertz CT molecular complexity index is 593. The first kappa shape index (κ1) is 9.42. The molecule has 0 aliphatic heterocycles. The van der Waals surface area contributed by atoms with Crippen LogP contribution < -0.4 is 0 Å². The van der Waals surface area contributed by atoms with E-state index in [9.17, 15) is 12.8 Å². The number of halogens is 2. The lowest BCUT2D eigenvalue weighted by molar-refractivity contribution is 0.606. The van der Waals surface area contributed by atoms with Crippen LogP contribution in [0.2, 0.25) is 0 Å². The van der Waals surface area contributed by atoms with Crippen LogP contribution in [-0.2, 0) is 9.05 Å². The summed E-state index contributed by atoms with van der Waals surface area (Å²) in [6.45, 7) is 0. The highest BCUT2D eigenvalue weighted by Gasteiger charge is 2.17. The Kier molecular flexibility index (Phi) is 1.97. The predicted molar refractivity (Wildman–Crippen MR) is 49.1 cm³/mol. The van der Waals surface area contributed by atoms with Gasteiger partial charge in [0.15, 0.2) is 5.03 Å². The first-order valence-corrected chi connectivity index (χ1v) is 5.88. The fourth-order valence-corrected chi connectivity index (χ4v) is 2.09. The van der Waals surface area contributed by atoms with E-state index < -0.39 is 14.9 Å². The fourth-order valence-electron chi connectivity index (χ4n) is 1.15. The molecular formula is C7H4ClFN2O2S. The minimum atomic E-state index is -3.87. The van der Waals surface area contributed by atoms with Gasteiger partial charge >= 0.3 is 0 Å². The SMILES string of the molecule is O=S(=O)(Cl)c1[nH]nc2cc(F)ccc12. The molecule has 0 unspecified atom stereocenters. The van der Waals surface area contributed by atoms with Crippen LogP contribution in [0.15, 0.2) is 23.2 Å². The average molecular weight is 235 g/mol. The molecule has 1 aromatic heterocycles. The molecule has 0 aliphatic rings. The van der Waals surface area contributed by atoms with E-state index in [1.165, 1.54) is 6.07 Å². The lowest BCUT2D eigenvalue weighted by atomic mass is 10.2. The molecule has 7 heteroatoms. The number of H-pyrrole nitrogens is 1. The largest absolute Gasteiger partial charge is 0.278 e. The van der Waals surface area contributed by atoms with Crippen molar-refractivity contribution in [2.24, 2.45) is 0 Å². The minimum Gasteiger partial charge on any atom is -0.265 e. The number of hydrogen-bond acceptors (Lipinski definition) is 3. The highest BCUT2D eigenvalue weighted by molar-refractivity contribution is 8.13. The summed E-state index contributed by atoms with van der Waals surface area (Å²) in [7, 11) is 1.26. The van der Waals surface area contributed by atoms with Crippen molar-refractivity contribution in [3.63, 3.8) is 0 Å². The molecule has 14 heavy (non-hydrogen) atoms. The highest BCUT2D eigenvalue weighted by Crippen LogP contribution is 2.23. The molecule has 1 heterocycles. The third-order valence-electron chi connectivity index (χ3n) is 1.73. The van der Waals surface area contributed by atoms with Crippen molar-refractivity contribution in [1.82, 2.24) is 10.2 Å². The summed E-state index contributed by atoms with van der Waals surface area (Å²) >= 11 is 0. The average Bonchev–Trinajstić information content (AvgIpc) is 2.45. The van der Waals surface area contributed by atoms with Crippen LogP contribution in [0.25, 0.3) is 10.9 Å². The summed E-state index contributed by atoms with van der Waals surface area (Å²) in [4.78, 5) is 0. The zero-order valence-electron chi connectivity index (χ0n) is 6.66. The number of nitrogens with zero attached hydrogens (tertiary/aromatic N) is 1. The van der Waals surface area contributed by atoms with Crippen LogP contribution in [0.3, 0.4) is 0 Å². The lowest BCUT2D eigenvalue weighted by Gasteiger charge is -1.91. The van der Waals surface area contributed by atoms with Crippen LogP contribution in [0, 0.1) is 5.82 Å². The molecule has 0 atom stereocenters. The Morgan fingerprint density at radius 2 is 2.14 bits per heavy atom. The number of aromatic nitrogens is 2. The molecule has 1 aromatic carbocycles. The predicted octanol–water partition coefficient (Wildman–Crippen LogP) is 1.63. The molecule has 2 aromatic rings. The Balaban J connectivity index is 2.83. The van der Waals surface area contributed by atoms with Crippen molar-refractivity contribution in [1.29, 1.82) is 0 Å². The quantitative estimate of drug-likeness (QED) is 0.763. The number of rotatable bonds is 1. The molecule has 0 aliphatic carbocycles. The van der Waals surface area contributed by atoms with Gasteiger partial charge in [-0.2, -0.15) is 5.10 Å². The zero-order chi connectivity index (χ0) is 10.3. The zero-order valence-corrected chi connectivity index (χ0v) is 8.23. The minimum absolute atomic E-state index is 0.214. The summed E-state index contributed by atoms with van der Waals surface area (Å²) in [6.07, 6.45) is 0. The number of fused-ring (bicyclic) bond motifs is 1. The number of nitrogens with one attached hydrogen (secondary N) is 1. The van der Waals surface area contributed by atoms with Crippen molar-refractivity contribution in [2.75, 3.05) is 0 Å². The topological polar surface area (TPSA) is 62.8 Å². The summed E-state index contributed by atoms with van der Waals surface area (Å²) in [5.41, 5.74) is 0.226. The summed E-state index contributed by atoms with van der Waals surface area (Å²) in [5.74, 6) is -0.484. The van der Waals surface area contributed by atoms with Gasteiger partial charge in [-0.15, -0.1) is 0 Å². The van der Waals surface area contributed by atoms with Crippen LogP contribution in [0.1, 0.15) is 0 Å². The van der Waals surface area contributed by atoms with E-state index in [1.807, 2.05) is 0 Å². The maximum Gasteiger partial charge on any atom is 0.278 e. The second-order valence-corrected chi connectivity index (χ2v) is 5.15. The van der Waals surface area contributed by atoms with Gasteiger partial charge < -0.3 is 0 Å². The van der Waals surface area contributed by atoms with Gasteiger partial charge in [-0.05, 0) is 12.1 Å². The normalized spacial score (nSPS) is 12.1. The second kappa shape index (κ2) is 2.93. The van der Waals surface area contributed by atoms with Gasteiger partial charge in [-0.1, -0.05) is 0 Å². The van der Waals surface area contributed by atoms with E-state index in [0.717, 1.165) is 12.1 Å². The third-order valence-corrected chi connectivity index (χ3v) is 2.99. The van der Waals surface area contributed by atoms with Crippen molar-refractivity contribution >= 4 is 30.6 Å². The fraction of sp³-hybridized carbons (Fsp3) is 0. The van der Waals surface area contributed by atoms with Gasteiger partial charge in [0.25, 0.3) is 9.05 Å². The molecule has 0 radical (unpaired) electrons. The van der Waals surface area contributed by atoms with Crippen molar-refractivity contribution in [3.05, 3.63) is 24.0 Å². The van der Waals surface area contributed by atoms with Crippen molar-refractivity contribution < 1.29 is 12.8 Å². The molecular weight excluding hydrogens is 231 g/mol. The summed E-state index contributed by atoms with van der Waals surface area (Å²) in [6, 6.07) is 3.57. The maximum absolute atomic E-state index is 12.7. The molecule has 1 N–H and O–H groups in total. The Morgan fingerprint density at radius 1 is 1.43 bits per heavy atom. The van der Waals surface area contributed by atoms with E-state index >= 15 is 0 Å². The molecule has 74 valence electrons. The maximum atomic E-state index is 12.7. The van der Waals surface area contributed by atoms with Crippen LogP contribution in [0.4, 0.5) is 4.39 Å².